The molecule has 2 unspecified atom stereocenters. The summed E-state index contributed by atoms with van der Waals surface area (Å²) in [5.41, 5.74) is 0. The van der Waals surface area contributed by atoms with Gasteiger partial charge in [-0.25, -0.2) is 4.98 Å². The number of pyridine rings is 1. The van der Waals surface area contributed by atoms with Crippen LogP contribution in [0.4, 0.5) is 0 Å². The van der Waals surface area contributed by atoms with Crippen molar-refractivity contribution in [1.82, 2.24) is 4.98 Å². The first kappa shape index (κ1) is 13.9. The summed E-state index contributed by atoms with van der Waals surface area (Å²) in [4.78, 5) is 22.4. The van der Waals surface area contributed by atoms with Crippen LogP contribution in [0.25, 0.3) is 0 Å². The molecule has 0 saturated carbocycles. The molecule has 2 atom stereocenters. The number of hydrogen-bond acceptors (Lipinski definition) is 5. The van der Waals surface area contributed by atoms with Crippen molar-refractivity contribution in [1.29, 1.82) is 0 Å². The summed E-state index contributed by atoms with van der Waals surface area (Å²) in [5.74, 6) is -0.794. The maximum Gasteiger partial charge on any atom is 0.338 e. The molecule has 16 heavy (non-hydrogen) atoms. The average molecular weight is 283 g/mol. The zero-order valence-corrected chi connectivity index (χ0v) is 11.0. The van der Waals surface area contributed by atoms with Crippen molar-refractivity contribution < 1.29 is 23.4 Å². The van der Waals surface area contributed by atoms with E-state index in [1.165, 1.54) is 6.20 Å². The van der Waals surface area contributed by atoms with Gasteiger partial charge in [-0.1, -0.05) is 6.07 Å². The molecule has 0 aliphatic heterocycles. The Balaban J connectivity index is 2.73. The van der Waals surface area contributed by atoms with E-state index in [9.17, 15) is 14.0 Å². The summed E-state index contributed by atoms with van der Waals surface area (Å²) in [7, 11) is -2.97. The van der Waals surface area contributed by atoms with Gasteiger partial charge < -0.3 is 14.3 Å². The smallest absolute Gasteiger partial charge is 0.336 e. The predicted octanol–water partition coefficient (Wildman–Crippen LogP) is 2.15. The first-order valence-corrected chi connectivity index (χ1v) is 9.17. The standard InChI is InChI=1S/C7H11NO5P2S/c1-13-14(9,10)6-15(11,12)16-7-4-2-3-5-8-7/h2-5H,6H2,1H3,(H,9,10)(H,11,12). The first-order valence-electron chi connectivity index (χ1n) is 4.15. The van der Waals surface area contributed by atoms with E-state index < -0.39 is 20.1 Å². The summed E-state index contributed by atoms with van der Waals surface area (Å²) in [6.45, 7) is -3.84. The number of hydrogen-bond donors (Lipinski definition) is 2. The second-order valence-corrected chi connectivity index (χ2v) is 9.76. The van der Waals surface area contributed by atoms with Crippen LogP contribution in [0.2, 0.25) is 0 Å². The molecule has 0 saturated heterocycles. The highest BCUT2D eigenvalue weighted by atomic mass is 32.7. The van der Waals surface area contributed by atoms with Crippen LogP contribution >= 0.6 is 25.5 Å². The Kier molecular flexibility index (Phi) is 4.73. The van der Waals surface area contributed by atoms with Crippen LogP contribution in [-0.2, 0) is 13.7 Å². The van der Waals surface area contributed by atoms with Gasteiger partial charge >= 0.3 is 7.60 Å². The number of nitrogens with zero attached hydrogens (tertiary/aromatic N) is 1. The fourth-order valence-electron chi connectivity index (χ4n) is 0.860. The molecule has 0 bridgehead atoms. The first-order chi connectivity index (χ1) is 7.35. The van der Waals surface area contributed by atoms with Gasteiger partial charge in [0, 0.05) is 13.3 Å². The average Bonchev–Trinajstić information content (AvgIpc) is 2.17. The van der Waals surface area contributed by atoms with Crippen molar-refractivity contribution in [3.63, 3.8) is 0 Å². The third-order valence-electron chi connectivity index (χ3n) is 1.52. The van der Waals surface area contributed by atoms with Gasteiger partial charge in [0.2, 0.25) is 0 Å². The van der Waals surface area contributed by atoms with Crippen LogP contribution < -0.4 is 0 Å². The normalized spacial score (nSPS) is 18.7. The van der Waals surface area contributed by atoms with Crippen molar-refractivity contribution in [3.8, 4) is 0 Å². The minimum absolute atomic E-state index is 0.324. The summed E-state index contributed by atoms with van der Waals surface area (Å²) in [5, 5.41) is 0.324. The fourth-order valence-corrected chi connectivity index (χ4v) is 6.93. The number of aromatic nitrogens is 1. The molecule has 0 spiro atoms. The van der Waals surface area contributed by atoms with Crippen molar-refractivity contribution in [2.45, 2.75) is 5.03 Å². The summed E-state index contributed by atoms with van der Waals surface area (Å²) < 4.78 is 27.0. The second-order valence-electron chi connectivity index (χ2n) is 2.86. The summed E-state index contributed by atoms with van der Waals surface area (Å²) in [6.07, 6.45) is 1.47. The van der Waals surface area contributed by atoms with E-state index in [1.54, 1.807) is 18.2 Å². The Bertz CT molecular complexity index is 440. The molecule has 0 aliphatic carbocycles. The molecule has 1 aromatic heterocycles. The minimum atomic E-state index is -3.99. The molecule has 0 amide bonds. The maximum atomic E-state index is 11.6. The van der Waals surface area contributed by atoms with Gasteiger partial charge in [0.25, 0.3) is 6.57 Å². The minimum Gasteiger partial charge on any atom is -0.336 e. The summed E-state index contributed by atoms with van der Waals surface area (Å²) in [6, 6.07) is 4.87. The van der Waals surface area contributed by atoms with Crippen LogP contribution in [0.3, 0.4) is 0 Å². The van der Waals surface area contributed by atoms with Crippen molar-refractivity contribution >= 4 is 25.5 Å². The molecule has 1 aromatic rings. The van der Waals surface area contributed by atoms with Crippen LogP contribution in [0, 0.1) is 0 Å². The van der Waals surface area contributed by atoms with Crippen LogP contribution in [0.15, 0.2) is 29.4 Å². The Morgan fingerprint density at radius 3 is 2.62 bits per heavy atom. The van der Waals surface area contributed by atoms with E-state index in [4.69, 9.17) is 4.89 Å². The largest absolute Gasteiger partial charge is 0.338 e. The molecular weight excluding hydrogens is 272 g/mol. The van der Waals surface area contributed by atoms with E-state index in [0.717, 1.165) is 7.11 Å². The highest BCUT2D eigenvalue weighted by Gasteiger charge is 2.32. The lowest BCUT2D eigenvalue weighted by Gasteiger charge is -2.13. The lowest BCUT2D eigenvalue weighted by atomic mass is 10.5. The maximum absolute atomic E-state index is 11.6. The Labute approximate surface area is 96.8 Å². The summed E-state index contributed by atoms with van der Waals surface area (Å²) >= 11 is 0.576. The number of rotatable bonds is 5. The van der Waals surface area contributed by atoms with E-state index >= 15 is 0 Å². The third kappa shape index (κ3) is 4.78. The topological polar surface area (TPSA) is 96.7 Å². The van der Waals surface area contributed by atoms with Crippen molar-refractivity contribution in [2.75, 3.05) is 13.0 Å². The lowest BCUT2D eigenvalue weighted by molar-refractivity contribution is 0.319. The lowest BCUT2D eigenvalue weighted by Crippen LogP contribution is -1.91. The molecule has 0 radical (unpaired) electrons. The zero-order valence-electron chi connectivity index (χ0n) is 8.39. The van der Waals surface area contributed by atoms with Crippen LogP contribution in [0.1, 0.15) is 0 Å². The molecule has 6 nitrogen and oxygen atoms in total. The molecule has 1 heterocycles. The quantitative estimate of drug-likeness (QED) is 0.799. The molecule has 9 heteroatoms. The molecular formula is C7H11NO5P2S. The molecule has 0 fully saturated rings. The van der Waals surface area contributed by atoms with E-state index in [-0.39, 0.29) is 0 Å². The Morgan fingerprint density at radius 2 is 2.12 bits per heavy atom. The molecule has 0 aromatic carbocycles. The third-order valence-corrected chi connectivity index (χ3v) is 8.12. The second kappa shape index (κ2) is 5.45. The van der Waals surface area contributed by atoms with Crippen molar-refractivity contribution in [2.24, 2.45) is 0 Å². The van der Waals surface area contributed by atoms with Crippen LogP contribution in [0.5, 0.6) is 0 Å². The molecule has 2 N–H and O–H groups in total. The van der Waals surface area contributed by atoms with Gasteiger partial charge in [0.05, 0.1) is 0 Å². The predicted molar refractivity (Wildman–Crippen MR) is 61.6 cm³/mol. The van der Waals surface area contributed by atoms with Gasteiger partial charge in [-0.15, -0.1) is 0 Å². The highest BCUT2D eigenvalue weighted by Crippen LogP contribution is 2.66. The van der Waals surface area contributed by atoms with Gasteiger partial charge in [-0.3, -0.25) is 9.13 Å². The van der Waals surface area contributed by atoms with Gasteiger partial charge in [0.15, 0.2) is 0 Å². The SMILES string of the molecule is COP(=O)(O)CP(=O)(O)Sc1ccccn1. The van der Waals surface area contributed by atoms with Crippen molar-refractivity contribution in [3.05, 3.63) is 24.4 Å². The highest BCUT2D eigenvalue weighted by molar-refractivity contribution is 8.57. The van der Waals surface area contributed by atoms with Crippen LogP contribution in [-0.4, -0.2) is 27.8 Å². The monoisotopic (exact) mass is 283 g/mol. The van der Waals surface area contributed by atoms with Gasteiger partial charge in [0.1, 0.15) is 10.9 Å². The molecule has 90 valence electrons. The molecule has 0 aliphatic rings. The Hall–Kier alpha value is -0.160. The van der Waals surface area contributed by atoms with E-state index in [2.05, 4.69) is 9.51 Å². The zero-order chi connectivity index (χ0) is 12.2. The van der Waals surface area contributed by atoms with E-state index in [0.29, 0.717) is 16.4 Å². The fraction of sp³-hybridized carbons (Fsp3) is 0.286. The van der Waals surface area contributed by atoms with E-state index in [1.807, 2.05) is 0 Å². The van der Waals surface area contributed by atoms with Gasteiger partial charge in [-0.2, -0.15) is 0 Å². The van der Waals surface area contributed by atoms with Gasteiger partial charge in [-0.05, 0) is 23.5 Å². The molecule has 1 rings (SSSR count). The Morgan fingerprint density at radius 1 is 1.44 bits per heavy atom.